The summed E-state index contributed by atoms with van der Waals surface area (Å²) in [4.78, 5) is 27.5. The van der Waals surface area contributed by atoms with E-state index in [4.69, 9.17) is 16.3 Å². The molecule has 9 heteroatoms. The van der Waals surface area contributed by atoms with Crippen LogP contribution in [0.5, 0.6) is 0 Å². The third kappa shape index (κ3) is 3.80. The van der Waals surface area contributed by atoms with E-state index in [0.29, 0.717) is 25.5 Å². The summed E-state index contributed by atoms with van der Waals surface area (Å²) < 4.78 is 44.6. The highest BCUT2D eigenvalue weighted by Gasteiger charge is 2.32. The SMILES string of the molecule is O=C1C=C(OC(=O)c2cccn2-c2ncc(C(F)(F)F)cc2Cl)CCC1. The molecule has 26 heavy (non-hydrogen) atoms. The van der Waals surface area contributed by atoms with E-state index in [1.165, 1.54) is 29.0 Å². The first-order valence-electron chi connectivity index (χ1n) is 7.62. The predicted molar refractivity (Wildman–Crippen MR) is 85.9 cm³/mol. The maximum absolute atomic E-state index is 12.7. The molecule has 136 valence electrons. The number of pyridine rings is 1. The smallest absolute Gasteiger partial charge is 0.417 e. The molecule has 0 amide bonds. The number of ether oxygens (including phenoxy) is 1. The molecule has 1 aliphatic carbocycles. The largest absolute Gasteiger partial charge is 0.426 e. The van der Waals surface area contributed by atoms with Crippen LogP contribution in [0.1, 0.15) is 35.3 Å². The van der Waals surface area contributed by atoms with E-state index in [1.54, 1.807) is 0 Å². The first-order chi connectivity index (χ1) is 12.3. The number of carbonyl (C=O) groups excluding carboxylic acids is 2. The van der Waals surface area contributed by atoms with E-state index in [1.807, 2.05) is 0 Å². The highest BCUT2D eigenvalue weighted by molar-refractivity contribution is 6.32. The van der Waals surface area contributed by atoms with E-state index in [9.17, 15) is 22.8 Å². The first kappa shape index (κ1) is 18.2. The quantitative estimate of drug-likeness (QED) is 0.739. The molecule has 5 nitrogen and oxygen atoms in total. The second-order valence-electron chi connectivity index (χ2n) is 5.61. The average molecular weight is 385 g/mol. The zero-order valence-corrected chi connectivity index (χ0v) is 14.0. The maximum atomic E-state index is 12.7. The Kier molecular flexibility index (Phi) is 4.86. The number of esters is 1. The van der Waals surface area contributed by atoms with Crippen LogP contribution >= 0.6 is 11.6 Å². The fraction of sp³-hybridized carbons (Fsp3) is 0.235. The van der Waals surface area contributed by atoms with E-state index >= 15 is 0 Å². The molecule has 0 radical (unpaired) electrons. The molecule has 2 aromatic heterocycles. The number of alkyl halides is 3. The highest BCUT2D eigenvalue weighted by Crippen LogP contribution is 2.32. The van der Waals surface area contributed by atoms with Crippen LogP contribution < -0.4 is 0 Å². The maximum Gasteiger partial charge on any atom is 0.417 e. The summed E-state index contributed by atoms with van der Waals surface area (Å²) in [7, 11) is 0. The van der Waals surface area contributed by atoms with Crippen LogP contribution in [0.4, 0.5) is 13.2 Å². The number of aromatic nitrogens is 2. The van der Waals surface area contributed by atoms with Gasteiger partial charge in [-0.05, 0) is 24.6 Å². The van der Waals surface area contributed by atoms with Gasteiger partial charge >= 0.3 is 12.1 Å². The predicted octanol–water partition coefficient (Wildman–Crippen LogP) is 4.34. The van der Waals surface area contributed by atoms with Crippen molar-refractivity contribution in [2.24, 2.45) is 0 Å². The first-order valence-corrected chi connectivity index (χ1v) is 7.99. The van der Waals surface area contributed by atoms with Gasteiger partial charge in [-0.2, -0.15) is 13.2 Å². The van der Waals surface area contributed by atoms with Crippen LogP contribution in [0.25, 0.3) is 5.82 Å². The van der Waals surface area contributed by atoms with Gasteiger partial charge in [-0.3, -0.25) is 9.36 Å². The van der Waals surface area contributed by atoms with Gasteiger partial charge in [0.2, 0.25) is 0 Å². The zero-order valence-electron chi connectivity index (χ0n) is 13.2. The lowest BCUT2D eigenvalue weighted by atomic mass is 10.1. The molecule has 0 aromatic carbocycles. The van der Waals surface area contributed by atoms with Crippen molar-refractivity contribution in [1.29, 1.82) is 0 Å². The number of halogens is 4. The second kappa shape index (κ2) is 6.95. The molecule has 0 saturated heterocycles. The lowest BCUT2D eigenvalue weighted by molar-refractivity contribution is -0.137. The van der Waals surface area contributed by atoms with Gasteiger partial charge in [-0.25, -0.2) is 9.78 Å². The number of carbonyl (C=O) groups is 2. The van der Waals surface area contributed by atoms with Crippen molar-refractivity contribution in [1.82, 2.24) is 9.55 Å². The topological polar surface area (TPSA) is 61.2 Å². The fourth-order valence-corrected chi connectivity index (χ4v) is 2.76. The Hall–Kier alpha value is -2.61. The lowest BCUT2D eigenvalue weighted by Crippen LogP contribution is -2.15. The van der Waals surface area contributed by atoms with Gasteiger partial charge < -0.3 is 4.74 Å². The zero-order chi connectivity index (χ0) is 18.9. The summed E-state index contributed by atoms with van der Waals surface area (Å²) in [5, 5.41) is -0.267. The number of nitrogens with zero attached hydrogens (tertiary/aromatic N) is 2. The van der Waals surface area contributed by atoms with Crippen molar-refractivity contribution in [2.75, 3.05) is 0 Å². The van der Waals surface area contributed by atoms with Crippen LogP contribution in [-0.4, -0.2) is 21.3 Å². The number of hydrogen-bond donors (Lipinski definition) is 0. The molecule has 2 heterocycles. The summed E-state index contributed by atoms with van der Waals surface area (Å²) in [5.74, 6) is -0.661. The number of ketones is 1. The molecule has 0 unspecified atom stereocenters. The standard InChI is InChI=1S/C17H12ClF3N2O3/c18-13-7-10(17(19,20)21)9-22-15(13)23-6-2-5-14(23)16(25)26-12-4-1-3-11(24)8-12/h2,5-9H,1,3-4H2. The molecule has 1 aliphatic rings. The Balaban J connectivity index is 1.89. The molecule has 0 fully saturated rings. The van der Waals surface area contributed by atoms with Crippen LogP contribution in [0, 0.1) is 0 Å². The molecule has 2 aromatic rings. The van der Waals surface area contributed by atoms with Crippen LogP contribution in [0.2, 0.25) is 5.02 Å². The summed E-state index contributed by atoms with van der Waals surface area (Å²) in [6, 6.07) is 3.66. The molecule has 0 bridgehead atoms. The molecule has 0 N–H and O–H groups in total. The monoisotopic (exact) mass is 384 g/mol. The Morgan fingerprint density at radius 2 is 2.08 bits per heavy atom. The third-order valence-electron chi connectivity index (χ3n) is 3.73. The molecule has 0 atom stereocenters. The van der Waals surface area contributed by atoms with Crippen LogP contribution in [0.3, 0.4) is 0 Å². The number of rotatable bonds is 3. The van der Waals surface area contributed by atoms with Crippen LogP contribution in [0.15, 0.2) is 42.4 Å². The van der Waals surface area contributed by atoms with Crippen molar-refractivity contribution in [3.05, 3.63) is 58.7 Å². The van der Waals surface area contributed by atoms with Gasteiger partial charge in [-0.1, -0.05) is 11.6 Å². The molecule has 0 saturated carbocycles. The summed E-state index contributed by atoms with van der Waals surface area (Å²) in [5.41, 5.74) is -0.966. The number of hydrogen-bond acceptors (Lipinski definition) is 4. The van der Waals surface area contributed by atoms with E-state index in [0.717, 1.165) is 6.07 Å². The second-order valence-corrected chi connectivity index (χ2v) is 6.02. The molecular formula is C17H12ClF3N2O3. The highest BCUT2D eigenvalue weighted by atomic mass is 35.5. The van der Waals surface area contributed by atoms with Gasteiger partial charge in [0.1, 0.15) is 11.5 Å². The van der Waals surface area contributed by atoms with Gasteiger partial charge in [0, 0.05) is 31.3 Å². The van der Waals surface area contributed by atoms with E-state index < -0.39 is 17.7 Å². The Morgan fingerprint density at radius 1 is 1.31 bits per heavy atom. The Morgan fingerprint density at radius 3 is 2.73 bits per heavy atom. The van der Waals surface area contributed by atoms with Crippen molar-refractivity contribution in [3.8, 4) is 5.82 Å². The lowest BCUT2D eigenvalue weighted by Gasteiger charge is -2.14. The molecule has 3 rings (SSSR count). The van der Waals surface area contributed by atoms with Gasteiger partial charge in [0.05, 0.1) is 10.6 Å². The van der Waals surface area contributed by atoms with E-state index in [-0.39, 0.29) is 28.1 Å². The van der Waals surface area contributed by atoms with Crippen molar-refractivity contribution in [3.63, 3.8) is 0 Å². The van der Waals surface area contributed by atoms with Gasteiger partial charge in [-0.15, -0.1) is 0 Å². The summed E-state index contributed by atoms with van der Waals surface area (Å²) in [6.07, 6.45) is 0.216. The van der Waals surface area contributed by atoms with Gasteiger partial charge in [0.15, 0.2) is 11.6 Å². The number of allylic oxidation sites excluding steroid dienone is 2. The summed E-state index contributed by atoms with van der Waals surface area (Å²) in [6.45, 7) is 0. The fourth-order valence-electron chi connectivity index (χ4n) is 2.51. The minimum absolute atomic E-state index is 0.0260. The summed E-state index contributed by atoms with van der Waals surface area (Å²) >= 11 is 5.92. The normalized spacial score (nSPS) is 14.9. The van der Waals surface area contributed by atoms with Crippen LogP contribution in [-0.2, 0) is 15.7 Å². The minimum atomic E-state index is -4.58. The minimum Gasteiger partial charge on any atom is -0.426 e. The van der Waals surface area contributed by atoms with Crippen molar-refractivity contribution >= 4 is 23.4 Å². The Labute approximate surface area is 151 Å². The molecule has 0 aliphatic heterocycles. The van der Waals surface area contributed by atoms with Gasteiger partial charge in [0.25, 0.3) is 0 Å². The molecular weight excluding hydrogens is 373 g/mol. The van der Waals surface area contributed by atoms with E-state index in [2.05, 4.69) is 4.98 Å². The average Bonchev–Trinajstić information content (AvgIpc) is 3.03. The van der Waals surface area contributed by atoms with Crippen molar-refractivity contribution in [2.45, 2.75) is 25.4 Å². The Bertz CT molecular complexity index is 903. The molecule has 0 spiro atoms. The van der Waals surface area contributed by atoms with Crippen molar-refractivity contribution < 1.29 is 27.5 Å². The third-order valence-corrected chi connectivity index (χ3v) is 4.01.